The van der Waals surface area contributed by atoms with E-state index in [2.05, 4.69) is 0 Å². The van der Waals surface area contributed by atoms with Crippen LogP contribution in [0.25, 0.3) is 0 Å². The summed E-state index contributed by atoms with van der Waals surface area (Å²) in [6, 6.07) is 11.9. The van der Waals surface area contributed by atoms with E-state index in [1.54, 1.807) is 42.3 Å². The van der Waals surface area contributed by atoms with Crippen LogP contribution in [0, 0.1) is 0 Å². The van der Waals surface area contributed by atoms with E-state index < -0.39 is 5.97 Å². The molecule has 2 aromatic carbocycles. The van der Waals surface area contributed by atoms with Gasteiger partial charge in [0.15, 0.2) is 0 Å². The fourth-order valence-corrected chi connectivity index (χ4v) is 3.90. The molecule has 0 saturated carbocycles. The number of carbonyl (C=O) groups excluding carboxylic acids is 1. The molecule has 0 bridgehead atoms. The van der Waals surface area contributed by atoms with Gasteiger partial charge in [-0.15, -0.1) is 11.8 Å². The quantitative estimate of drug-likeness (QED) is 0.884. The molecular weight excluding hydrogens is 342 g/mol. The third-order valence-electron chi connectivity index (χ3n) is 3.93. The molecule has 130 valence electrons. The van der Waals surface area contributed by atoms with Crippen molar-refractivity contribution in [3.63, 3.8) is 0 Å². The van der Waals surface area contributed by atoms with Crippen LogP contribution in [0.3, 0.4) is 0 Å². The van der Waals surface area contributed by atoms with Gasteiger partial charge in [-0.25, -0.2) is 4.79 Å². The molecule has 0 aliphatic carbocycles. The lowest BCUT2D eigenvalue weighted by Crippen LogP contribution is -2.28. The second-order valence-corrected chi connectivity index (χ2v) is 6.46. The fourth-order valence-electron chi connectivity index (χ4n) is 2.74. The Kier molecular flexibility index (Phi) is 4.85. The molecule has 0 radical (unpaired) electrons. The van der Waals surface area contributed by atoms with Gasteiger partial charge in [0.05, 0.1) is 31.2 Å². The van der Waals surface area contributed by atoms with Crippen molar-refractivity contribution in [1.29, 1.82) is 0 Å². The van der Waals surface area contributed by atoms with Crippen molar-refractivity contribution in [1.82, 2.24) is 0 Å². The number of hydrogen-bond donors (Lipinski definition) is 1. The third kappa shape index (κ3) is 3.28. The summed E-state index contributed by atoms with van der Waals surface area (Å²) in [4.78, 5) is 25.4. The predicted octanol–water partition coefficient (Wildman–Crippen LogP) is 3.18. The average Bonchev–Trinajstić information content (AvgIpc) is 3.02. The lowest BCUT2D eigenvalue weighted by molar-refractivity contribution is -0.115. The molecule has 6 nitrogen and oxygen atoms in total. The maximum absolute atomic E-state index is 12.5. The molecule has 1 unspecified atom stereocenters. The Labute approximate surface area is 149 Å². The smallest absolute Gasteiger partial charge is 0.335 e. The Morgan fingerprint density at radius 1 is 1.20 bits per heavy atom. The second-order valence-electron chi connectivity index (χ2n) is 5.40. The van der Waals surface area contributed by atoms with Gasteiger partial charge in [-0.3, -0.25) is 9.69 Å². The number of hydrogen-bond acceptors (Lipinski definition) is 5. The summed E-state index contributed by atoms with van der Waals surface area (Å²) in [5, 5.41) is 8.89. The highest BCUT2D eigenvalue weighted by molar-refractivity contribution is 8.00. The molecule has 0 aromatic heterocycles. The topological polar surface area (TPSA) is 76.1 Å². The Morgan fingerprint density at radius 2 is 2.00 bits per heavy atom. The van der Waals surface area contributed by atoms with Crippen LogP contribution in [0.1, 0.15) is 21.3 Å². The summed E-state index contributed by atoms with van der Waals surface area (Å²) in [6.07, 6.45) is 0. The number of rotatable bonds is 5. The highest BCUT2D eigenvalue weighted by Gasteiger charge is 2.36. The van der Waals surface area contributed by atoms with Gasteiger partial charge in [-0.1, -0.05) is 12.1 Å². The molecule has 1 aliphatic rings. The first kappa shape index (κ1) is 17.2. The Bertz CT molecular complexity index is 823. The van der Waals surface area contributed by atoms with Gasteiger partial charge in [0.2, 0.25) is 5.91 Å². The van der Waals surface area contributed by atoms with Crippen molar-refractivity contribution in [2.75, 3.05) is 24.9 Å². The zero-order valence-corrected chi connectivity index (χ0v) is 14.6. The van der Waals surface area contributed by atoms with E-state index >= 15 is 0 Å². The molecule has 25 heavy (non-hydrogen) atoms. The first-order chi connectivity index (χ1) is 12.0. The van der Waals surface area contributed by atoms with Crippen LogP contribution >= 0.6 is 11.8 Å². The molecule has 1 N–H and O–H groups in total. The molecule has 3 rings (SSSR count). The minimum atomic E-state index is -0.996. The molecule has 1 atom stereocenters. The van der Waals surface area contributed by atoms with E-state index in [9.17, 15) is 14.7 Å². The highest BCUT2D eigenvalue weighted by atomic mass is 32.2. The maximum atomic E-state index is 12.5. The van der Waals surface area contributed by atoms with Crippen LogP contribution in [0.2, 0.25) is 0 Å². The SMILES string of the molecule is COc1ccc(N2C(=O)CSC2c2cccc(C(=O)O)c2)c(OC)c1. The molecule has 1 heterocycles. The number of methoxy groups -OCH3 is 2. The van der Waals surface area contributed by atoms with Crippen LogP contribution in [-0.4, -0.2) is 37.0 Å². The molecule has 1 saturated heterocycles. The van der Waals surface area contributed by atoms with Crippen molar-refractivity contribution in [2.24, 2.45) is 0 Å². The largest absolute Gasteiger partial charge is 0.497 e. The number of amides is 1. The van der Waals surface area contributed by atoms with E-state index in [-0.39, 0.29) is 16.8 Å². The summed E-state index contributed by atoms with van der Waals surface area (Å²) < 4.78 is 10.6. The van der Waals surface area contributed by atoms with Crippen LogP contribution in [0.5, 0.6) is 11.5 Å². The van der Waals surface area contributed by atoms with Crippen molar-refractivity contribution in [2.45, 2.75) is 5.37 Å². The number of carboxylic acid groups (broad SMARTS) is 1. The molecule has 1 aliphatic heterocycles. The molecule has 0 spiro atoms. The zero-order chi connectivity index (χ0) is 18.0. The number of ether oxygens (including phenoxy) is 2. The number of anilines is 1. The van der Waals surface area contributed by atoms with Gasteiger partial charge in [-0.05, 0) is 29.8 Å². The second kappa shape index (κ2) is 7.06. The van der Waals surface area contributed by atoms with Crippen molar-refractivity contribution >= 4 is 29.3 Å². The number of carboxylic acids is 1. The van der Waals surface area contributed by atoms with Gasteiger partial charge in [0.25, 0.3) is 0 Å². The first-order valence-electron chi connectivity index (χ1n) is 7.54. The lowest BCUT2D eigenvalue weighted by Gasteiger charge is -2.26. The number of aromatic carboxylic acids is 1. The highest BCUT2D eigenvalue weighted by Crippen LogP contribution is 2.45. The van der Waals surface area contributed by atoms with Gasteiger partial charge >= 0.3 is 5.97 Å². The van der Waals surface area contributed by atoms with Crippen molar-refractivity contribution < 1.29 is 24.2 Å². The van der Waals surface area contributed by atoms with E-state index in [1.165, 1.54) is 24.9 Å². The Hall–Kier alpha value is -2.67. The predicted molar refractivity (Wildman–Crippen MR) is 95.6 cm³/mol. The standard InChI is InChI=1S/C18H17NO5S/c1-23-13-6-7-14(15(9-13)24-2)19-16(20)10-25-17(19)11-4-3-5-12(8-11)18(21)22/h3-9,17H,10H2,1-2H3,(H,21,22). The summed E-state index contributed by atoms with van der Waals surface area (Å²) in [6.45, 7) is 0. The average molecular weight is 359 g/mol. The number of nitrogens with zero attached hydrogens (tertiary/aromatic N) is 1. The van der Waals surface area contributed by atoms with Crippen LogP contribution in [0.4, 0.5) is 5.69 Å². The maximum Gasteiger partial charge on any atom is 0.335 e. The molecule has 1 fully saturated rings. The summed E-state index contributed by atoms with van der Waals surface area (Å²) in [5.41, 5.74) is 1.58. The summed E-state index contributed by atoms with van der Waals surface area (Å²) >= 11 is 1.45. The number of benzene rings is 2. The molecule has 7 heteroatoms. The van der Waals surface area contributed by atoms with Crippen LogP contribution in [-0.2, 0) is 4.79 Å². The third-order valence-corrected chi connectivity index (χ3v) is 5.15. The minimum absolute atomic E-state index is 0.0563. The zero-order valence-electron chi connectivity index (χ0n) is 13.8. The Morgan fingerprint density at radius 3 is 2.68 bits per heavy atom. The fraction of sp³-hybridized carbons (Fsp3) is 0.222. The Balaban J connectivity index is 2.03. The van der Waals surface area contributed by atoms with Crippen molar-refractivity contribution in [3.05, 3.63) is 53.6 Å². The molecule has 1 amide bonds. The normalized spacial score (nSPS) is 16.8. The molecular formula is C18H17NO5S. The van der Waals surface area contributed by atoms with Gasteiger partial charge in [0.1, 0.15) is 16.9 Å². The summed E-state index contributed by atoms with van der Waals surface area (Å²) in [7, 11) is 3.09. The van der Waals surface area contributed by atoms with E-state index in [0.717, 1.165) is 5.56 Å². The van der Waals surface area contributed by atoms with Gasteiger partial charge in [0, 0.05) is 6.07 Å². The lowest BCUT2D eigenvalue weighted by atomic mass is 10.1. The van der Waals surface area contributed by atoms with Gasteiger partial charge < -0.3 is 14.6 Å². The van der Waals surface area contributed by atoms with E-state index in [4.69, 9.17) is 9.47 Å². The monoisotopic (exact) mass is 359 g/mol. The molecule has 2 aromatic rings. The number of thioether (sulfide) groups is 1. The van der Waals surface area contributed by atoms with E-state index in [0.29, 0.717) is 22.9 Å². The first-order valence-corrected chi connectivity index (χ1v) is 8.59. The number of carbonyl (C=O) groups is 2. The van der Waals surface area contributed by atoms with Crippen LogP contribution in [0.15, 0.2) is 42.5 Å². The van der Waals surface area contributed by atoms with E-state index in [1.807, 2.05) is 6.07 Å². The van der Waals surface area contributed by atoms with Crippen LogP contribution < -0.4 is 14.4 Å². The van der Waals surface area contributed by atoms with Gasteiger partial charge in [-0.2, -0.15) is 0 Å². The summed E-state index contributed by atoms with van der Waals surface area (Å²) in [5.74, 6) is 0.416. The van der Waals surface area contributed by atoms with Crippen molar-refractivity contribution in [3.8, 4) is 11.5 Å². The minimum Gasteiger partial charge on any atom is -0.497 e.